The van der Waals surface area contributed by atoms with Gasteiger partial charge in [0.15, 0.2) is 0 Å². The molecule has 0 spiro atoms. The summed E-state index contributed by atoms with van der Waals surface area (Å²) in [5.41, 5.74) is 1.30. The summed E-state index contributed by atoms with van der Waals surface area (Å²) in [7, 11) is 1.22. The van der Waals surface area contributed by atoms with Crippen LogP contribution in [0.2, 0.25) is 0 Å². The first-order valence-corrected chi connectivity index (χ1v) is 6.72. The lowest BCUT2D eigenvalue weighted by Crippen LogP contribution is -2.28. The maximum atomic E-state index is 11.8. The largest absolute Gasteiger partial charge is 0.464 e. The number of nitrogens with one attached hydrogen (secondary N) is 1. The monoisotopic (exact) mass is 313 g/mol. The molecule has 7 heteroatoms. The molecule has 0 atom stereocenters. The van der Waals surface area contributed by atoms with Gasteiger partial charge >= 0.3 is 12.1 Å². The van der Waals surface area contributed by atoms with Crippen molar-refractivity contribution in [2.24, 2.45) is 0 Å². The van der Waals surface area contributed by atoms with Crippen LogP contribution in [0.3, 0.4) is 0 Å². The number of carbonyl (C=O) groups excluding carboxylic acids is 2. The molecule has 0 radical (unpaired) electrons. The topological polar surface area (TPSA) is 90.4 Å². The first-order chi connectivity index (χ1) is 11.2. The number of benzene rings is 1. The van der Waals surface area contributed by atoms with Crippen LogP contribution in [0.4, 0.5) is 4.79 Å². The molecule has 2 aromatic rings. The molecule has 0 fully saturated rings. The van der Waals surface area contributed by atoms with E-state index in [0.717, 1.165) is 5.56 Å². The van der Waals surface area contributed by atoms with E-state index in [0.29, 0.717) is 5.56 Å². The lowest BCUT2D eigenvalue weighted by Gasteiger charge is -2.09. The Balaban J connectivity index is 2.01. The highest BCUT2D eigenvalue weighted by Gasteiger charge is 2.14. The van der Waals surface area contributed by atoms with Crippen LogP contribution in [0.15, 0.2) is 54.7 Å². The summed E-state index contributed by atoms with van der Waals surface area (Å²) in [5.74, 6) is -0.703. The average Bonchev–Trinajstić information content (AvgIpc) is 2.60. The smallest absolute Gasteiger partial charge is 0.412 e. The molecule has 0 bridgehead atoms. The number of ether oxygens (including phenoxy) is 2. The number of alkyl carbamates (subject to hydrolysis) is 1. The van der Waals surface area contributed by atoms with Gasteiger partial charge in [0.05, 0.1) is 7.11 Å². The zero-order valence-electron chi connectivity index (χ0n) is 12.4. The van der Waals surface area contributed by atoms with Crippen LogP contribution < -0.4 is 5.32 Å². The fraction of sp³-hybridized carbons (Fsp3) is 0.125. The number of nitrogens with zero attached hydrogens (tertiary/aromatic N) is 2. The number of carbonyl (C=O) groups is 2. The van der Waals surface area contributed by atoms with E-state index < -0.39 is 12.1 Å². The summed E-state index contributed by atoms with van der Waals surface area (Å²) in [6, 6.07) is 9.19. The molecular weight excluding hydrogens is 298 g/mol. The molecule has 0 saturated heterocycles. The van der Waals surface area contributed by atoms with Crippen molar-refractivity contribution < 1.29 is 19.1 Å². The Bertz CT molecular complexity index is 687. The first-order valence-electron chi connectivity index (χ1n) is 6.72. The summed E-state index contributed by atoms with van der Waals surface area (Å²) in [6.07, 6.45) is 4.98. The van der Waals surface area contributed by atoms with Crippen LogP contribution in [0.5, 0.6) is 0 Å². The van der Waals surface area contributed by atoms with E-state index in [4.69, 9.17) is 4.74 Å². The van der Waals surface area contributed by atoms with Gasteiger partial charge < -0.3 is 9.47 Å². The van der Waals surface area contributed by atoms with E-state index in [1.165, 1.54) is 31.9 Å². The Morgan fingerprint density at radius 1 is 1.17 bits per heavy atom. The Morgan fingerprint density at radius 2 is 1.87 bits per heavy atom. The van der Waals surface area contributed by atoms with Gasteiger partial charge in [0.1, 0.15) is 18.6 Å². The van der Waals surface area contributed by atoms with Crippen LogP contribution in [0, 0.1) is 0 Å². The van der Waals surface area contributed by atoms with Crippen molar-refractivity contribution in [3.8, 4) is 0 Å². The van der Waals surface area contributed by atoms with Crippen molar-refractivity contribution in [2.75, 3.05) is 7.11 Å². The third-order valence-electron chi connectivity index (χ3n) is 2.75. The number of esters is 1. The van der Waals surface area contributed by atoms with Crippen LogP contribution >= 0.6 is 0 Å². The van der Waals surface area contributed by atoms with E-state index >= 15 is 0 Å². The second-order valence-corrected chi connectivity index (χ2v) is 4.41. The van der Waals surface area contributed by atoms with Crippen molar-refractivity contribution >= 4 is 18.1 Å². The second kappa shape index (κ2) is 8.28. The highest BCUT2D eigenvalue weighted by atomic mass is 16.6. The van der Waals surface area contributed by atoms with E-state index in [2.05, 4.69) is 20.0 Å². The molecule has 0 aliphatic heterocycles. The minimum Gasteiger partial charge on any atom is -0.464 e. The van der Waals surface area contributed by atoms with Crippen molar-refractivity contribution in [1.29, 1.82) is 0 Å². The molecule has 2 rings (SSSR count). The normalized spacial score (nSPS) is 10.7. The van der Waals surface area contributed by atoms with Gasteiger partial charge in [-0.05, 0) is 11.6 Å². The number of hydrogen-bond acceptors (Lipinski definition) is 6. The summed E-state index contributed by atoms with van der Waals surface area (Å²) in [4.78, 5) is 31.2. The fourth-order valence-corrected chi connectivity index (χ4v) is 1.68. The van der Waals surface area contributed by atoms with Crippen molar-refractivity contribution in [3.05, 3.63) is 65.9 Å². The zero-order valence-corrected chi connectivity index (χ0v) is 12.4. The molecule has 1 aromatic carbocycles. The Kier molecular flexibility index (Phi) is 5.81. The van der Waals surface area contributed by atoms with Gasteiger partial charge in [-0.1, -0.05) is 30.3 Å². The van der Waals surface area contributed by atoms with E-state index in [9.17, 15) is 9.59 Å². The van der Waals surface area contributed by atoms with Crippen LogP contribution in [0.1, 0.15) is 11.1 Å². The fourth-order valence-electron chi connectivity index (χ4n) is 1.68. The van der Waals surface area contributed by atoms with E-state index in [1.54, 1.807) is 0 Å². The van der Waals surface area contributed by atoms with E-state index in [1.807, 2.05) is 30.3 Å². The third-order valence-corrected chi connectivity index (χ3v) is 2.75. The number of rotatable bonds is 5. The van der Waals surface area contributed by atoms with Crippen molar-refractivity contribution in [2.45, 2.75) is 6.61 Å². The molecular formula is C16H15N3O4. The molecule has 1 heterocycles. The van der Waals surface area contributed by atoms with Gasteiger partial charge in [0, 0.05) is 18.0 Å². The standard InChI is InChI=1S/C16H15N3O4/c1-22-15(20)14(7-13-8-17-11-18-9-13)19-16(21)23-10-12-5-3-2-4-6-12/h2-9,11H,10H2,1H3,(H,19,21)/b14-7-. The van der Waals surface area contributed by atoms with E-state index in [-0.39, 0.29) is 12.3 Å². The lowest BCUT2D eigenvalue weighted by molar-refractivity contribution is -0.136. The van der Waals surface area contributed by atoms with Crippen LogP contribution in [-0.4, -0.2) is 29.1 Å². The second-order valence-electron chi connectivity index (χ2n) is 4.41. The summed E-state index contributed by atoms with van der Waals surface area (Å²) < 4.78 is 9.69. The van der Waals surface area contributed by atoms with Crippen LogP contribution in [0.25, 0.3) is 6.08 Å². The minimum absolute atomic E-state index is 0.0691. The summed E-state index contributed by atoms with van der Waals surface area (Å²) >= 11 is 0. The van der Waals surface area contributed by atoms with Gasteiger partial charge in [-0.25, -0.2) is 19.6 Å². The number of hydrogen-bond donors (Lipinski definition) is 1. The third kappa shape index (κ3) is 5.24. The molecule has 23 heavy (non-hydrogen) atoms. The Hall–Kier alpha value is -3.22. The average molecular weight is 313 g/mol. The molecule has 1 aromatic heterocycles. The highest BCUT2D eigenvalue weighted by Crippen LogP contribution is 2.05. The molecule has 0 unspecified atom stereocenters. The maximum Gasteiger partial charge on any atom is 0.412 e. The molecule has 0 saturated carbocycles. The summed E-state index contributed by atoms with van der Waals surface area (Å²) in [6.45, 7) is 0.0928. The number of methoxy groups -OCH3 is 1. The zero-order chi connectivity index (χ0) is 16.5. The van der Waals surface area contributed by atoms with Crippen molar-refractivity contribution in [3.63, 3.8) is 0 Å². The molecule has 1 N–H and O–H groups in total. The van der Waals surface area contributed by atoms with Gasteiger partial charge in [-0.2, -0.15) is 0 Å². The quantitative estimate of drug-likeness (QED) is 0.670. The number of amides is 1. The molecule has 7 nitrogen and oxygen atoms in total. The minimum atomic E-state index is -0.762. The van der Waals surface area contributed by atoms with Gasteiger partial charge in [0.25, 0.3) is 0 Å². The SMILES string of the molecule is COC(=O)/C(=C/c1cncnc1)NC(=O)OCc1ccccc1. The van der Waals surface area contributed by atoms with Crippen LogP contribution in [-0.2, 0) is 20.9 Å². The Labute approximate surface area is 133 Å². The number of aromatic nitrogens is 2. The predicted molar refractivity (Wildman–Crippen MR) is 81.8 cm³/mol. The molecule has 0 aliphatic carbocycles. The molecule has 1 amide bonds. The predicted octanol–water partition coefficient (Wildman–Crippen LogP) is 1.92. The maximum absolute atomic E-state index is 11.8. The summed E-state index contributed by atoms with van der Waals surface area (Å²) in [5, 5.41) is 2.36. The van der Waals surface area contributed by atoms with Gasteiger partial charge in [0.2, 0.25) is 0 Å². The highest BCUT2D eigenvalue weighted by molar-refractivity contribution is 5.96. The van der Waals surface area contributed by atoms with Crippen molar-refractivity contribution in [1.82, 2.24) is 15.3 Å². The molecule has 0 aliphatic rings. The Morgan fingerprint density at radius 3 is 2.52 bits per heavy atom. The van der Waals surface area contributed by atoms with Gasteiger partial charge in [-0.15, -0.1) is 0 Å². The first kappa shape index (κ1) is 16.2. The lowest BCUT2D eigenvalue weighted by atomic mass is 10.2. The van der Waals surface area contributed by atoms with Gasteiger partial charge in [-0.3, -0.25) is 5.32 Å². The molecule has 118 valence electrons.